The molecule has 0 radical (unpaired) electrons. The summed E-state index contributed by atoms with van der Waals surface area (Å²) < 4.78 is 0. The Bertz CT molecular complexity index is 447. The Kier molecular flexibility index (Phi) is 3.84. The molecule has 0 saturated carbocycles. The topological polar surface area (TPSA) is 54.0 Å². The Morgan fingerprint density at radius 3 is 2.84 bits per heavy atom. The number of hydrogen-bond donors (Lipinski definition) is 2. The van der Waals surface area contributed by atoms with Gasteiger partial charge in [0.15, 0.2) is 0 Å². The minimum absolute atomic E-state index is 0.178. The first kappa shape index (κ1) is 13.1. The molecule has 5 heteroatoms. The molecule has 19 heavy (non-hydrogen) atoms. The number of aryl methyl sites for hydroxylation is 1. The molecular weight excluding hydrogens is 258 g/mol. The zero-order valence-corrected chi connectivity index (χ0v) is 12.1. The summed E-state index contributed by atoms with van der Waals surface area (Å²) >= 11 is 1.63. The van der Waals surface area contributed by atoms with Gasteiger partial charge in [0.25, 0.3) is 0 Å². The second-order valence-electron chi connectivity index (χ2n) is 5.81. The van der Waals surface area contributed by atoms with E-state index in [-0.39, 0.29) is 5.91 Å². The summed E-state index contributed by atoms with van der Waals surface area (Å²) in [6, 6.07) is 1.33. The highest BCUT2D eigenvalue weighted by Crippen LogP contribution is 2.32. The summed E-state index contributed by atoms with van der Waals surface area (Å²) in [5.41, 5.74) is 0.973. The maximum absolute atomic E-state index is 12.0. The molecule has 3 heterocycles. The first-order chi connectivity index (χ1) is 9.19. The zero-order chi connectivity index (χ0) is 13.2. The molecule has 2 aliphatic rings. The third-order valence-electron chi connectivity index (χ3n) is 4.18. The van der Waals surface area contributed by atoms with Crippen LogP contribution in [0.2, 0.25) is 0 Å². The van der Waals surface area contributed by atoms with Crippen molar-refractivity contribution in [3.8, 4) is 0 Å². The predicted molar refractivity (Wildman–Crippen MR) is 76.0 cm³/mol. The van der Waals surface area contributed by atoms with Gasteiger partial charge in [0.2, 0.25) is 5.91 Å². The smallest absolute Gasteiger partial charge is 0.220 e. The lowest BCUT2D eigenvalue weighted by atomic mass is 9.89. The van der Waals surface area contributed by atoms with Crippen molar-refractivity contribution in [3.63, 3.8) is 0 Å². The van der Waals surface area contributed by atoms with E-state index in [9.17, 15) is 4.79 Å². The van der Waals surface area contributed by atoms with Crippen molar-refractivity contribution < 1.29 is 4.79 Å². The molecule has 2 aliphatic heterocycles. The average Bonchev–Trinajstić information content (AvgIpc) is 2.93. The fraction of sp³-hybridized carbons (Fsp3) is 0.714. The number of amides is 1. The highest BCUT2D eigenvalue weighted by Gasteiger charge is 2.34. The Morgan fingerprint density at radius 1 is 1.47 bits per heavy atom. The number of nitrogens with one attached hydrogen (secondary N) is 2. The molecule has 4 nitrogen and oxygen atoms in total. The van der Waals surface area contributed by atoms with Crippen LogP contribution in [-0.4, -0.2) is 23.0 Å². The number of fused-ring (bicyclic) bond motifs is 2. The van der Waals surface area contributed by atoms with Gasteiger partial charge in [-0.25, -0.2) is 4.98 Å². The summed E-state index contributed by atoms with van der Waals surface area (Å²) in [4.78, 5) is 16.3. The monoisotopic (exact) mass is 279 g/mol. The van der Waals surface area contributed by atoms with Crippen LogP contribution in [0.15, 0.2) is 5.38 Å². The van der Waals surface area contributed by atoms with Crippen LogP contribution in [0.5, 0.6) is 0 Å². The highest BCUT2D eigenvalue weighted by atomic mass is 32.1. The minimum atomic E-state index is 0.178. The molecule has 0 aromatic carbocycles. The van der Waals surface area contributed by atoms with Crippen molar-refractivity contribution in [2.45, 2.75) is 57.7 Å². The van der Waals surface area contributed by atoms with Gasteiger partial charge < -0.3 is 10.6 Å². The van der Waals surface area contributed by atoms with E-state index in [0.29, 0.717) is 31.0 Å². The predicted octanol–water partition coefficient (Wildman–Crippen LogP) is 1.99. The lowest BCUT2D eigenvalue weighted by Gasteiger charge is -2.28. The van der Waals surface area contributed by atoms with E-state index in [1.54, 1.807) is 11.3 Å². The van der Waals surface area contributed by atoms with Gasteiger partial charge in [-0.1, -0.05) is 0 Å². The summed E-state index contributed by atoms with van der Waals surface area (Å²) in [5, 5.41) is 9.68. The largest absolute Gasteiger partial charge is 0.350 e. The van der Waals surface area contributed by atoms with Crippen molar-refractivity contribution in [3.05, 3.63) is 16.1 Å². The summed E-state index contributed by atoms with van der Waals surface area (Å²) in [5.74, 6) is 0.743. The standard InChI is InChI=1S/C14H21N3OS/c1-9-16-13(8-19-9)7-15-14(18)6-10-4-11-2-3-12(5-10)17-11/h8,10-12,17H,2-7H2,1H3,(H,15,18). The number of thiazole rings is 1. The highest BCUT2D eigenvalue weighted by molar-refractivity contribution is 7.09. The fourth-order valence-corrected chi connectivity index (χ4v) is 3.97. The van der Waals surface area contributed by atoms with Gasteiger partial charge in [0, 0.05) is 23.9 Å². The molecule has 2 saturated heterocycles. The normalized spacial score (nSPS) is 29.4. The number of piperidine rings is 1. The zero-order valence-electron chi connectivity index (χ0n) is 11.3. The quantitative estimate of drug-likeness (QED) is 0.886. The lowest BCUT2D eigenvalue weighted by Crippen LogP contribution is -2.39. The molecule has 0 spiro atoms. The summed E-state index contributed by atoms with van der Waals surface area (Å²) in [6.07, 6.45) is 5.60. The Balaban J connectivity index is 1.44. The second-order valence-corrected chi connectivity index (χ2v) is 6.88. The number of nitrogens with zero attached hydrogens (tertiary/aromatic N) is 1. The molecule has 2 bridgehead atoms. The number of carbonyl (C=O) groups excluding carboxylic acids is 1. The molecular formula is C14H21N3OS. The Labute approximate surface area is 118 Å². The number of hydrogen-bond acceptors (Lipinski definition) is 4. The van der Waals surface area contributed by atoms with Gasteiger partial charge >= 0.3 is 0 Å². The Hall–Kier alpha value is -0.940. The molecule has 2 unspecified atom stereocenters. The van der Waals surface area contributed by atoms with Crippen molar-refractivity contribution in [2.24, 2.45) is 5.92 Å². The van der Waals surface area contributed by atoms with E-state index < -0.39 is 0 Å². The van der Waals surface area contributed by atoms with E-state index in [4.69, 9.17) is 0 Å². The molecule has 3 rings (SSSR count). The SMILES string of the molecule is Cc1nc(CNC(=O)CC2CC3CCC(C2)N3)cs1. The van der Waals surface area contributed by atoms with Crippen LogP contribution in [0.3, 0.4) is 0 Å². The van der Waals surface area contributed by atoms with E-state index in [2.05, 4.69) is 15.6 Å². The van der Waals surface area contributed by atoms with Crippen LogP contribution in [-0.2, 0) is 11.3 Å². The van der Waals surface area contributed by atoms with Crippen LogP contribution in [0, 0.1) is 12.8 Å². The van der Waals surface area contributed by atoms with Gasteiger partial charge in [-0.05, 0) is 38.5 Å². The van der Waals surface area contributed by atoms with E-state index in [1.807, 2.05) is 12.3 Å². The molecule has 1 aromatic rings. The van der Waals surface area contributed by atoms with Crippen LogP contribution >= 0.6 is 11.3 Å². The van der Waals surface area contributed by atoms with Gasteiger partial charge in [-0.3, -0.25) is 4.79 Å². The van der Waals surface area contributed by atoms with Gasteiger partial charge in [-0.2, -0.15) is 0 Å². The Morgan fingerprint density at radius 2 is 2.21 bits per heavy atom. The maximum Gasteiger partial charge on any atom is 0.220 e. The van der Waals surface area contributed by atoms with Crippen LogP contribution in [0.4, 0.5) is 0 Å². The van der Waals surface area contributed by atoms with Gasteiger partial charge in [0.1, 0.15) is 0 Å². The van der Waals surface area contributed by atoms with E-state index >= 15 is 0 Å². The van der Waals surface area contributed by atoms with Gasteiger partial charge in [0.05, 0.1) is 17.2 Å². The van der Waals surface area contributed by atoms with Gasteiger partial charge in [-0.15, -0.1) is 11.3 Å². The van der Waals surface area contributed by atoms with Crippen LogP contribution < -0.4 is 10.6 Å². The molecule has 2 N–H and O–H groups in total. The van der Waals surface area contributed by atoms with Crippen molar-refractivity contribution >= 4 is 17.2 Å². The van der Waals surface area contributed by atoms with Crippen molar-refractivity contribution in [1.29, 1.82) is 0 Å². The average molecular weight is 279 g/mol. The van der Waals surface area contributed by atoms with E-state index in [1.165, 1.54) is 25.7 Å². The van der Waals surface area contributed by atoms with Crippen LogP contribution in [0.25, 0.3) is 0 Å². The van der Waals surface area contributed by atoms with E-state index in [0.717, 1.165) is 10.7 Å². The second kappa shape index (κ2) is 5.59. The molecule has 0 aliphatic carbocycles. The maximum atomic E-state index is 12.0. The number of carbonyl (C=O) groups is 1. The fourth-order valence-electron chi connectivity index (χ4n) is 3.35. The minimum Gasteiger partial charge on any atom is -0.350 e. The summed E-state index contributed by atoms with van der Waals surface area (Å²) in [6.45, 7) is 2.56. The third kappa shape index (κ3) is 3.34. The van der Waals surface area contributed by atoms with Crippen molar-refractivity contribution in [1.82, 2.24) is 15.6 Å². The lowest BCUT2D eigenvalue weighted by molar-refractivity contribution is -0.122. The first-order valence-corrected chi connectivity index (χ1v) is 8.01. The molecule has 2 atom stereocenters. The number of rotatable bonds is 4. The first-order valence-electron chi connectivity index (χ1n) is 7.13. The molecule has 1 aromatic heterocycles. The van der Waals surface area contributed by atoms with Crippen molar-refractivity contribution in [2.75, 3.05) is 0 Å². The van der Waals surface area contributed by atoms with Crippen LogP contribution in [0.1, 0.15) is 42.8 Å². The summed E-state index contributed by atoms with van der Waals surface area (Å²) in [7, 11) is 0. The molecule has 104 valence electrons. The molecule has 1 amide bonds. The number of aromatic nitrogens is 1. The molecule has 2 fully saturated rings. The third-order valence-corrected chi connectivity index (χ3v) is 5.00.